The lowest BCUT2D eigenvalue weighted by molar-refractivity contribution is -0.385. The van der Waals surface area contributed by atoms with E-state index in [0.717, 1.165) is 12.1 Å². The molecule has 0 saturated heterocycles. The highest BCUT2D eigenvalue weighted by molar-refractivity contribution is 7.88. The Kier molecular flexibility index (Phi) is 6.61. The second-order valence-electron chi connectivity index (χ2n) is 3.40. The molecule has 0 unspecified atom stereocenters. The van der Waals surface area contributed by atoms with Crippen LogP contribution >= 0.6 is 0 Å². The van der Waals surface area contributed by atoms with Crippen molar-refractivity contribution in [3.05, 3.63) is 33.9 Å². The van der Waals surface area contributed by atoms with Gasteiger partial charge in [0.15, 0.2) is 0 Å². The molecule has 0 atom stereocenters. The smallest absolute Gasteiger partial charge is 0.369 e. The Bertz CT molecular complexity index is 598. The Morgan fingerprint density at radius 3 is 2.19 bits per heavy atom. The molecule has 10 heteroatoms. The van der Waals surface area contributed by atoms with Crippen molar-refractivity contribution in [2.75, 3.05) is 0 Å². The fraction of sp³-hybridized carbons (Fsp3) is 0.455. The van der Waals surface area contributed by atoms with Gasteiger partial charge >= 0.3 is 21.3 Å². The lowest BCUT2D eigenvalue weighted by atomic mass is 10.1. The van der Waals surface area contributed by atoms with Crippen molar-refractivity contribution < 1.29 is 30.7 Å². The Morgan fingerprint density at radius 1 is 1.29 bits per heavy atom. The minimum absolute atomic E-state index is 0.396. The quantitative estimate of drug-likeness (QED) is 0.366. The highest BCUT2D eigenvalue weighted by Gasteiger charge is 2.49. The first-order valence-corrected chi connectivity index (χ1v) is 7.27. The number of hydrogen-bond acceptors (Lipinski definition) is 5. The zero-order valence-electron chi connectivity index (χ0n) is 11.5. The van der Waals surface area contributed by atoms with Crippen LogP contribution in [-0.4, -0.2) is 18.8 Å². The maximum Gasteiger partial charge on any atom is 0.534 e. The molecule has 0 N–H and O–H groups in total. The van der Waals surface area contributed by atoms with E-state index >= 15 is 0 Å². The van der Waals surface area contributed by atoms with Crippen molar-refractivity contribution in [3.8, 4) is 5.75 Å². The fourth-order valence-electron chi connectivity index (χ4n) is 1.16. The lowest BCUT2D eigenvalue weighted by Crippen LogP contribution is -2.28. The van der Waals surface area contributed by atoms with Crippen molar-refractivity contribution >= 4 is 15.8 Å². The largest absolute Gasteiger partial charge is 0.534 e. The molecule has 1 aromatic rings. The maximum atomic E-state index is 12.1. The molecule has 1 rings (SSSR count). The Balaban J connectivity index is 0.00000191. The second kappa shape index (κ2) is 7.25. The number of nitro benzene ring substituents is 1. The molecule has 0 fully saturated rings. The lowest BCUT2D eigenvalue weighted by Gasteiger charge is -2.10. The van der Waals surface area contributed by atoms with E-state index in [0.29, 0.717) is 12.0 Å². The molecule has 0 spiro atoms. The molecule has 0 bridgehead atoms. The third-order valence-electron chi connectivity index (χ3n) is 2.11. The highest BCUT2D eigenvalue weighted by Crippen LogP contribution is 2.33. The SMILES string of the molecule is CC.CCc1ccc(OS(=O)(=O)C(F)(F)F)c([N+](=O)[O-])c1. The minimum Gasteiger partial charge on any atom is -0.369 e. The molecule has 21 heavy (non-hydrogen) atoms. The van der Waals surface area contributed by atoms with Gasteiger partial charge in [-0.25, -0.2) is 0 Å². The number of rotatable bonds is 4. The summed E-state index contributed by atoms with van der Waals surface area (Å²) < 4.78 is 61.7. The normalized spacial score (nSPS) is 11.3. The summed E-state index contributed by atoms with van der Waals surface area (Å²) in [4.78, 5) is 9.66. The van der Waals surface area contributed by atoms with Crippen molar-refractivity contribution in [1.82, 2.24) is 0 Å². The van der Waals surface area contributed by atoms with Crippen molar-refractivity contribution in [3.63, 3.8) is 0 Å². The van der Waals surface area contributed by atoms with E-state index in [2.05, 4.69) is 4.18 Å². The average molecular weight is 329 g/mol. The van der Waals surface area contributed by atoms with Crippen molar-refractivity contribution in [2.24, 2.45) is 0 Å². The Morgan fingerprint density at radius 2 is 1.81 bits per heavy atom. The predicted octanol–water partition coefficient (Wildman–Crippen LogP) is 3.41. The van der Waals surface area contributed by atoms with Crippen LogP contribution in [0.4, 0.5) is 18.9 Å². The fourth-order valence-corrected chi connectivity index (χ4v) is 1.63. The first-order chi connectivity index (χ1) is 9.58. The molecule has 120 valence electrons. The van der Waals surface area contributed by atoms with Crippen LogP contribution < -0.4 is 4.18 Å². The summed E-state index contributed by atoms with van der Waals surface area (Å²) in [5, 5.41) is 10.7. The first-order valence-electron chi connectivity index (χ1n) is 5.86. The highest BCUT2D eigenvalue weighted by atomic mass is 32.2. The Hall–Kier alpha value is -1.84. The predicted molar refractivity (Wildman–Crippen MR) is 69.4 cm³/mol. The molecule has 0 saturated carbocycles. The molecule has 0 aromatic heterocycles. The molecule has 0 aliphatic carbocycles. The van der Waals surface area contributed by atoms with E-state index in [4.69, 9.17) is 0 Å². The van der Waals surface area contributed by atoms with Gasteiger partial charge in [-0.15, -0.1) is 0 Å². The van der Waals surface area contributed by atoms with Gasteiger partial charge < -0.3 is 4.18 Å². The van der Waals surface area contributed by atoms with Crippen molar-refractivity contribution in [1.29, 1.82) is 0 Å². The molecule has 1 aromatic carbocycles. The van der Waals surface area contributed by atoms with Gasteiger partial charge in [-0.05, 0) is 18.1 Å². The van der Waals surface area contributed by atoms with E-state index in [-0.39, 0.29) is 0 Å². The average Bonchev–Trinajstić information content (AvgIpc) is 2.39. The van der Waals surface area contributed by atoms with Gasteiger partial charge in [0.05, 0.1) is 4.92 Å². The van der Waals surface area contributed by atoms with E-state index in [9.17, 15) is 31.7 Å². The number of halogens is 3. The van der Waals surface area contributed by atoms with E-state index in [1.54, 1.807) is 6.92 Å². The van der Waals surface area contributed by atoms with Crippen LogP contribution in [0.15, 0.2) is 18.2 Å². The van der Waals surface area contributed by atoms with Gasteiger partial charge in [-0.3, -0.25) is 10.1 Å². The Labute approximate surface area is 119 Å². The first kappa shape index (κ1) is 19.2. The van der Waals surface area contributed by atoms with Crippen LogP contribution in [0.5, 0.6) is 5.75 Å². The standard InChI is InChI=1S/C9H8F3NO5S.C2H6/c1-2-6-3-4-8(7(5-6)13(14)15)18-19(16,17)9(10,11)12;1-2/h3-5H,2H2,1H3;1-2H3. The van der Waals surface area contributed by atoms with Gasteiger partial charge in [0.25, 0.3) is 0 Å². The molecule has 6 nitrogen and oxygen atoms in total. The number of alkyl halides is 3. The monoisotopic (exact) mass is 329 g/mol. The van der Waals surface area contributed by atoms with Gasteiger partial charge in [0.1, 0.15) is 0 Å². The van der Waals surface area contributed by atoms with Crippen molar-refractivity contribution in [2.45, 2.75) is 32.7 Å². The number of aryl methyl sites for hydroxylation is 1. The molecule has 0 radical (unpaired) electrons. The molecular formula is C11H14F3NO5S. The summed E-state index contributed by atoms with van der Waals surface area (Å²) in [6, 6.07) is 3.02. The van der Waals surface area contributed by atoms with E-state index in [1.165, 1.54) is 6.07 Å². The van der Waals surface area contributed by atoms with Gasteiger partial charge in [-0.2, -0.15) is 21.6 Å². The molecule has 0 amide bonds. The van der Waals surface area contributed by atoms with Crippen LogP contribution in [0.1, 0.15) is 26.3 Å². The second-order valence-corrected chi connectivity index (χ2v) is 4.93. The molecule has 0 heterocycles. The number of nitrogens with zero attached hydrogens (tertiary/aromatic N) is 1. The van der Waals surface area contributed by atoms with Crippen LogP contribution in [0.2, 0.25) is 0 Å². The molecule has 0 aliphatic heterocycles. The van der Waals surface area contributed by atoms with Crippen LogP contribution in [0.3, 0.4) is 0 Å². The van der Waals surface area contributed by atoms with Gasteiger partial charge in [0, 0.05) is 6.07 Å². The number of nitro groups is 1. The zero-order chi connectivity index (χ0) is 16.8. The third kappa shape index (κ3) is 4.88. The maximum absolute atomic E-state index is 12.1. The summed E-state index contributed by atoms with van der Waals surface area (Å²) in [6.07, 6.45) is 0.396. The van der Waals surface area contributed by atoms with Crippen LogP contribution in [0, 0.1) is 10.1 Å². The summed E-state index contributed by atoms with van der Waals surface area (Å²) in [5.74, 6) is -0.973. The van der Waals surface area contributed by atoms with Crippen LogP contribution in [0.25, 0.3) is 0 Å². The summed E-state index contributed by atoms with van der Waals surface area (Å²) >= 11 is 0. The van der Waals surface area contributed by atoms with E-state index in [1.807, 2.05) is 13.8 Å². The van der Waals surface area contributed by atoms with Gasteiger partial charge in [-0.1, -0.05) is 26.8 Å². The minimum atomic E-state index is -5.93. The van der Waals surface area contributed by atoms with Gasteiger partial charge in [0.2, 0.25) is 5.75 Å². The zero-order valence-corrected chi connectivity index (χ0v) is 12.3. The van der Waals surface area contributed by atoms with Crippen LogP contribution in [-0.2, 0) is 16.5 Å². The summed E-state index contributed by atoms with van der Waals surface area (Å²) in [6.45, 7) is 5.67. The molecular weight excluding hydrogens is 315 g/mol. The summed E-state index contributed by atoms with van der Waals surface area (Å²) in [5.41, 5.74) is -6.03. The van der Waals surface area contributed by atoms with E-state index < -0.39 is 32.0 Å². The number of benzene rings is 1. The summed E-state index contributed by atoms with van der Waals surface area (Å²) in [7, 11) is -5.93. The third-order valence-corrected chi connectivity index (χ3v) is 3.08. The molecule has 0 aliphatic rings. The number of hydrogen-bond donors (Lipinski definition) is 0. The topological polar surface area (TPSA) is 86.5 Å².